The van der Waals surface area contributed by atoms with Crippen LogP contribution in [0.1, 0.15) is 41.4 Å². The van der Waals surface area contributed by atoms with Crippen LogP contribution in [0.25, 0.3) is 0 Å². The number of carboxylic acids is 4. The van der Waals surface area contributed by atoms with Crippen LogP contribution in [0.2, 0.25) is 10.0 Å². The van der Waals surface area contributed by atoms with Crippen molar-refractivity contribution in [3.63, 3.8) is 0 Å². The zero-order chi connectivity index (χ0) is 51.3. The summed E-state index contributed by atoms with van der Waals surface area (Å²) >= 11 is 10.0. The van der Waals surface area contributed by atoms with Crippen LogP contribution in [0, 0.1) is 20.2 Å². The van der Waals surface area contributed by atoms with Crippen molar-refractivity contribution in [1.82, 2.24) is 0 Å². The number of nitro benzene ring substituents is 2. The summed E-state index contributed by atoms with van der Waals surface area (Å²) in [7, 11) is 0. The Kier molecular flexibility index (Phi) is 26.0. The van der Waals surface area contributed by atoms with Gasteiger partial charge in [0.25, 0.3) is 11.4 Å². The first-order chi connectivity index (χ1) is 33.5. The molecule has 4 N–H and O–H groups in total. The van der Waals surface area contributed by atoms with E-state index < -0.39 is 82.2 Å². The van der Waals surface area contributed by atoms with Crippen LogP contribution in [0.15, 0.2) is 218 Å². The van der Waals surface area contributed by atoms with E-state index in [2.05, 4.69) is 84.9 Å². The van der Waals surface area contributed by atoms with Crippen LogP contribution in [0.5, 0.6) is 0 Å². The van der Waals surface area contributed by atoms with Crippen molar-refractivity contribution in [1.29, 1.82) is 0 Å². The van der Waals surface area contributed by atoms with Crippen molar-refractivity contribution in [2.75, 3.05) is 0 Å². The van der Waals surface area contributed by atoms with Crippen LogP contribution < -0.4 is 12.5 Å². The molecule has 0 heterocycles. The molecule has 0 aliphatic rings. The van der Waals surface area contributed by atoms with Gasteiger partial charge in [-0.15, -0.1) is 0 Å². The summed E-state index contributed by atoms with van der Waals surface area (Å²) in [4.78, 5) is 60.2. The predicted molar refractivity (Wildman–Crippen MR) is 273 cm³/mol. The molecule has 18 heteroatoms. The number of nitro groups is 2. The van der Waals surface area contributed by atoms with E-state index in [0.29, 0.717) is 11.1 Å². The summed E-state index contributed by atoms with van der Waals surface area (Å²) in [6.45, 7) is 0. The molecule has 0 aliphatic heterocycles. The maximum absolute atomic E-state index is 10.4. The number of carboxylic acid groups (broad SMARTS) is 4. The Bertz CT molecular complexity index is 2650. The normalized spacial score (nSPS) is 9.51. The van der Waals surface area contributed by atoms with Crippen LogP contribution in [-0.2, 0) is 0 Å². The van der Waals surface area contributed by atoms with E-state index in [1.807, 2.05) is 24.3 Å². The van der Waals surface area contributed by atoms with Gasteiger partial charge >= 0.3 is 227 Å². The van der Waals surface area contributed by atoms with Gasteiger partial charge in [0.15, 0.2) is 0 Å². The third-order valence-corrected chi connectivity index (χ3v) is 18.6. The van der Waals surface area contributed by atoms with Gasteiger partial charge in [0.1, 0.15) is 0 Å². The van der Waals surface area contributed by atoms with Gasteiger partial charge in [-0.3, -0.25) is 20.2 Å². The second kappa shape index (κ2) is 31.8. The first-order valence-corrected chi connectivity index (χ1v) is 28.7. The van der Waals surface area contributed by atoms with E-state index in [0.717, 1.165) is 22.2 Å². The van der Waals surface area contributed by atoms with Crippen molar-refractivity contribution in [3.05, 3.63) is 271 Å². The van der Waals surface area contributed by atoms with E-state index in [1.165, 1.54) is 42.6 Å². The number of nitrogens with zero attached hydrogens (tertiary/aromatic N) is 2. The van der Waals surface area contributed by atoms with Crippen molar-refractivity contribution >= 4 is 119 Å². The molecule has 0 aliphatic carbocycles. The molecule has 14 nitrogen and oxygen atoms in total. The van der Waals surface area contributed by atoms with Crippen molar-refractivity contribution < 1.29 is 49.5 Å². The molecular formula is C52H40Cl2N2O12Pb2. The van der Waals surface area contributed by atoms with Crippen LogP contribution in [0.4, 0.5) is 11.4 Å². The Morgan fingerprint density at radius 1 is 0.343 bits per heavy atom. The van der Waals surface area contributed by atoms with Gasteiger partial charge in [-0.1, -0.05) is 48.5 Å². The second-order valence-corrected chi connectivity index (χ2v) is 25.4. The average molecular weight is 1370 g/mol. The molecule has 0 bridgehead atoms. The second-order valence-electron chi connectivity index (χ2n) is 13.6. The van der Waals surface area contributed by atoms with Crippen molar-refractivity contribution in [2.45, 2.75) is 0 Å². The molecule has 0 amide bonds. The molecular weight excluding hydrogens is 1330 g/mol. The van der Waals surface area contributed by atoms with E-state index >= 15 is 0 Å². The number of aromatic carboxylic acids is 4. The van der Waals surface area contributed by atoms with E-state index in [4.69, 9.17) is 43.6 Å². The fourth-order valence-electron chi connectivity index (χ4n) is 5.11. The topological polar surface area (TPSA) is 235 Å². The minimum atomic E-state index is -1.17. The molecule has 0 spiro atoms. The van der Waals surface area contributed by atoms with Gasteiger partial charge in [0.05, 0.1) is 32.1 Å². The van der Waals surface area contributed by atoms with E-state index in [1.54, 1.807) is 66.9 Å². The number of hydrogen-bond donors (Lipinski definition) is 4. The Morgan fingerprint density at radius 2 is 0.586 bits per heavy atom. The molecule has 0 unspecified atom stereocenters. The zero-order valence-corrected chi connectivity index (χ0v) is 45.8. The van der Waals surface area contributed by atoms with Crippen molar-refractivity contribution in [2.24, 2.45) is 0 Å². The molecule has 0 saturated carbocycles. The molecule has 0 aromatic heterocycles. The molecule has 0 fully saturated rings. The first kappa shape index (κ1) is 57.2. The summed E-state index contributed by atoms with van der Waals surface area (Å²) in [5.41, 5.74) is 0.0770. The molecule has 70 heavy (non-hydrogen) atoms. The van der Waals surface area contributed by atoms with Gasteiger partial charge in [-0.25, -0.2) is 19.2 Å². The van der Waals surface area contributed by atoms with E-state index in [9.17, 15) is 39.4 Å². The number of benzene rings is 8. The fourth-order valence-corrected chi connectivity index (χ4v) is 13.3. The molecule has 8 aromatic rings. The van der Waals surface area contributed by atoms with E-state index in [-0.39, 0.29) is 22.5 Å². The zero-order valence-electron chi connectivity index (χ0n) is 36.5. The van der Waals surface area contributed by atoms with Crippen LogP contribution in [-0.4, -0.2) is 103 Å². The third-order valence-electron chi connectivity index (χ3n) is 8.46. The Labute approximate surface area is 436 Å². The Hall–Kier alpha value is -7.14. The number of non-ortho nitro benzene ring substituents is 2. The Balaban J connectivity index is 0.000000224. The average Bonchev–Trinajstić information content (AvgIpc) is 3.37. The Morgan fingerprint density at radius 3 is 0.829 bits per heavy atom. The number of carbonyl (C=O) groups is 4. The number of hydrogen-bond acceptors (Lipinski definition) is 8. The number of halogens is 2. The third kappa shape index (κ3) is 23.2. The maximum atomic E-state index is 10.4. The molecule has 0 atom stereocenters. The van der Waals surface area contributed by atoms with Crippen LogP contribution >= 0.6 is 23.2 Å². The van der Waals surface area contributed by atoms with Gasteiger partial charge in [-0.2, -0.15) is 0 Å². The van der Waals surface area contributed by atoms with Gasteiger partial charge in [0, 0.05) is 24.3 Å². The SMILES string of the molecule is Clc1cc[c]([Pb][c]2ccc(Cl)cc2)cc1.O=C(O)c1cccc([N+](=O)[O-])c1.O=C(O)c1cccc([N+](=O)[O-])c1.O=C(O)c1ccccc1.O=C(O)c1ccccc1.c1cc[c]([Pb][c]2ccccc2)cc1. The predicted octanol–water partition coefficient (Wildman–Crippen LogP) is 9.35. The van der Waals surface area contributed by atoms with Crippen LogP contribution in [0.3, 0.4) is 0 Å². The molecule has 0 saturated heterocycles. The summed E-state index contributed by atoms with van der Waals surface area (Å²) < 4.78 is 6.02. The number of rotatable bonds is 10. The fraction of sp³-hybridized carbons (Fsp3) is 0. The first-order valence-electron chi connectivity index (χ1n) is 20.2. The summed E-state index contributed by atoms with van der Waals surface area (Å²) in [6, 6.07) is 64.4. The molecule has 4 radical (unpaired) electrons. The molecule has 352 valence electrons. The standard InChI is InChI=1S/2C7H5NO4.2C7H6O2.2C6H4Cl.2C6H5.2Pb/c2*9-7(10)5-2-1-3-6(4-5)8(11)12;2*8-7(9)6-4-2-1-3-5-6;2*7-6-4-2-1-3-5-6;2*1-2-4-6-5-3-1;;/h2*1-4H,(H,9,10);2*1-5H,(H,8,9);2*2-5H;2*1-5H;;. The van der Waals surface area contributed by atoms with Crippen molar-refractivity contribution in [3.8, 4) is 0 Å². The molecule has 8 rings (SSSR count). The minimum absolute atomic E-state index is 0.0794. The molecule has 8 aromatic carbocycles. The summed E-state index contributed by atoms with van der Waals surface area (Å²) in [6.07, 6.45) is 0. The summed E-state index contributed by atoms with van der Waals surface area (Å²) in [5.74, 6) is -4.09. The van der Waals surface area contributed by atoms with Gasteiger partial charge < -0.3 is 20.4 Å². The monoisotopic (exact) mass is 1370 g/mol. The van der Waals surface area contributed by atoms with Gasteiger partial charge in [0.2, 0.25) is 0 Å². The summed E-state index contributed by atoms with van der Waals surface area (Å²) in [5, 5.41) is 55.7. The van der Waals surface area contributed by atoms with Gasteiger partial charge in [-0.05, 0) is 36.4 Å². The quantitative estimate of drug-likeness (QED) is 0.0570.